The van der Waals surface area contributed by atoms with Crippen molar-refractivity contribution >= 4 is 11.7 Å². The van der Waals surface area contributed by atoms with Crippen LogP contribution in [0, 0.1) is 17.8 Å². The number of benzene rings is 1. The van der Waals surface area contributed by atoms with Gasteiger partial charge in [-0.05, 0) is 92.7 Å². The predicted molar refractivity (Wildman–Crippen MR) is 98.8 cm³/mol. The number of hydrogen-bond acceptors (Lipinski definition) is 1. The molecule has 2 aromatic rings. The van der Waals surface area contributed by atoms with Gasteiger partial charge in [0.1, 0.15) is 0 Å². The summed E-state index contributed by atoms with van der Waals surface area (Å²) in [6.45, 7) is 0. The van der Waals surface area contributed by atoms with E-state index in [-0.39, 0.29) is 11.6 Å². The number of carbonyl (C=O) groups excluding carboxylic acids is 1. The van der Waals surface area contributed by atoms with Crippen molar-refractivity contribution in [3.63, 3.8) is 0 Å². The first kappa shape index (κ1) is 15.1. The van der Waals surface area contributed by atoms with E-state index in [0.717, 1.165) is 29.1 Å². The Balaban J connectivity index is 1.25. The zero-order chi connectivity index (χ0) is 16.9. The minimum Gasteiger partial charge on any atom is -0.332 e. The Kier molecular flexibility index (Phi) is 3.40. The van der Waals surface area contributed by atoms with Crippen LogP contribution in [0.4, 0.5) is 10.5 Å². The van der Waals surface area contributed by atoms with Crippen LogP contribution in [-0.4, -0.2) is 16.1 Å². The fourth-order valence-electron chi connectivity index (χ4n) is 5.89. The second-order valence-electron chi connectivity index (χ2n) is 8.41. The summed E-state index contributed by atoms with van der Waals surface area (Å²) in [5.74, 6) is 2.52. The Labute approximate surface area is 148 Å². The Morgan fingerprint density at radius 2 is 1.48 bits per heavy atom. The molecule has 2 amide bonds. The van der Waals surface area contributed by atoms with Gasteiger partial charge in [0.2, 0.25) is 0 Å². The second kappa shape index (κ2) is 5.65. The number of amides is 2. The molecule has 4 aliphatic rings. The molecule has 1 aromatic heterocycles. The highest BCUT2D eigenvalue weighted by Crippen LogP contribution is 2.55. The van der Waals surface area contributed by atoms with Gasteiger partial charge in [-0.25, -0.2) is 4.79 Å². The van der Waals surface area contributed by atoms with Crippen LogP contribution in [0.25, 0.3) is 5.69 Å². The lowest BCUT2D eigenvalue weighted by molar-refractivity contribution is -0.0127. The summed E-state index contributed by atoms with van der Waals surface area (Å²) in [6, 6.07) is 12.0. The third kappa shape index (κ3) is 2.84. The van der Waals surface area contributed by atoms with Crippen molar-refractivity contribution in [2.45, 2.75) is 44.1 Å². The molecule has 0 saturated heterocycles. The van der Waals surface area contributed by atoms with E-state index in [9.17, 15) is 4.79 Å². The molecule has 130 valence electrons. The standard InChI is InChI=1S/C21H25N3O/c25-20(22-18-3-5-19(6-4-18)24-7-1-2-8-24)23-21-12-15-9-16(13-21)11-17(10-15)14-21/h1-8,15-17H,9-14H2,(H2,22,23,25). The van der Waals surface area contributed by atoms with E-state index < -0.39 is 0 Å². The summed E-state index contributed by atoms with van der Waals surface area (Å²) in [5, 5.41) is 6.39. The average molecular weight is 335 g/mol. The monoisotopic (exact) mass is 335 g/mol. The van der Waals surface area contributed by atoms with E-state index in [2.05, 4.69) is 15.2 Å². The van der Waals surface area contributed by atoms with Gasteiger partial charge in [-0.3, -0.25) is 0 Å². The molecular formula is C21H25N3O. The van der Waals surface area contributed by atoms with Crippen molar-refractivity contribution in [3.8, 4) is 5.69 Å². The third-order valence-electron chi connectivity index (χ3n) is 6.44. The summed E-state index contributed by atoms with van der Waals surface area (Å²) < 4.78 is 2.05. The Hall–Kier alpha value is -2.23. The Bertz CT molecular complexity index is 728. The van der Waals surface area contributed by atoms with Crippen LogP contribution in [0.2, 0.25) is 0 Å². The van der Waals surface area contributed by atoms with Crippen LogP contribution >= 0.6 is 0 Å². The first-order chi connectivity index (χ1) is 12.2. The van der Waals surface area contributed by atoms with Gasteiger partial charge in [0.05, 0.1) is 0 Å². The molecule has 0 aliphatic heterocycles. The zero-order valence-corrected chi connectivity index (χ0v) is 14.4. The van der Waals surface area contributed by atoms with Crippen LogP contribution in [0.3, 0.4) is 0 Å². The molecule has 1 aromatic carbocycles. The quantitative estimate of drug-likeness (QED) is 0.848. The minimum absolute atomic E-state index is 0.0457. The SMILES string of the molecule is O=C(Nc1ccc(-n2cccc2)cc1)NC12CC3CC(CC(C3)C1)C2. The predicted octanol–water partition coefficient (Wildman–Crippen LogP) is 4.57. The smallest absolute Gasteiger partial charge is 0.319 e. The van der Waals surface area contributed by atoms with Gasteiger partial charge in [-0.2, -0.15) is 0 Å². The summed E-state index contributed by atoms with van der Waals surface area (Å²) in [4.78, 5) is 12.6. The molecule has 0 unspecified atom stereocenters. The van der Waals surface area contributed by atoms with Crippen molar-refractivity contribution in [2.24, 2.45) is 17.8 Å². The van der Waals surface area contributed by atoms with Crippen molar-refractivity contribution in [2.75, 3.05) is 5.32 Å². The highest BCUT2D eigenvalue weighted by atomic mass is 16.2. The molecule has 4 nitrogen and oxygen atoms in total. The molecule has 4 aliphatic carbocycles. The number of urea groups is 1. The molecule has 0 spiro atoms. The van der Waals surface area contributed by atoms with Crippen molar-refractivity contribution < 1.29 is 4.79 Å². The Morgan fingerprint density at radius 3 is 2.04 bits per heavy atom. The van der Waals surface area contributed by atoms with E-state index in [0.29, 0.717) is 0 Å². The molecule has 4 bridgehead atoms. The average Bonchev–Trinajstić information content (AvgIpc) is 3.08. The molecule has 0 radical (unpaired) electrons. The van der Waals surface area contributed by atoms with E-state index >= 15 is 0 Å². The molecule has 0 atom stereocenters. The lowest BCUT2D eigenvalue weighted by Crippen LogP contribution is -2.60. The maximum atomic E-state index is 12.6. The number of nitrogens with zero attached hydrogens (tertiary/aromatic N) is 1. The van der Waals surface area contributed by atoms with E-state index in [1.807, 2.05) is 48.8 Å². The summed E-state index contributed by atoms with van der Waals surface area (Å²) in [7, 11) is 0. The molecule has 4 saturated carbocycles. The van der Waals surface area contributed by atoms with Crippen molar-refractivity contribution in [3.05, 3.63) is 48.8 Å². The van der Waals surface area contributed by atoms with E-state index in [1.165, 1.54) is 38.5 Å². The van der Waals surface area contributed by atoms with Crippen LogP contribution in [0.1, 0.15) is 38.5 Å². The van der Waals surface area contributed by atoms with E-state index in [4.69, 9.17) is 0 Å². The van der Waals surface area contributed by atoms with Gasteiger partial charge >= 0.3 is 6.03 Å². The molecular weight excluding hydrogens is 310 g/mol. The number of anilines is 1. The molecule has 25 heavy (non-hydrogen) atoms. The number of hydrogen-bond donors (Lipinski definition) is 2. The lowest BCUT2D eigenvalue weighted by atomic mass is 9.53. The maximum absolute atomic E-state index is 12.6. The van der Waals surface area contributed by atoms with Gasteiger partial charge in [0.25, 0.3) is 0 Å². The summed E-state index contributed by atoms with van der Waals surface area (Å²) in [6.07, 6.45) is 11.7. The topological polar surface area (TPSA) is 46.1 Å². The number of carbonyl (C=O) groups is 1. The normalized spacial score (nSPS) is 32.6. The van der Waals surface area contributed by atoms with Gasteiger partial charge in [-0.15, -0.1) is 0 Å². The zero-order valence-electron chi connectivity index (χ0n) is 14.4. The highest BCUT2D eigenvalue weighted by Gasteiger charge is 2.51. The second-order valence-corrected chi connectivity index (χ2v) is 8.41. The lowest BCUT2D eigenvalue weighted by Gasteiger charge is -2.56. The number of aromatic nitrogens is 1. The van der Waals surface area contributed by atoms with Gasteiger partial charge < -0.3 is 15.2 Å². The fourth-order valence-corrected chi connectivity index (χ4v) is 5.89. The largest absolute Gasteiger partial charge is 0.332 e. The summed E-state index contributed by atoms with van der Waals surface area (Å²) in [5.41, 5.74) is 2.00. The number of rotatable bonds is 3. The highest BCUT2D eigenvalue weighted by molar-refractivity contribution is 5.89. The third-order valence-corrected chi connectivity index (χ3v) is 6.44. The maximum Gasteiger partial charge on any atom is 0.319 e. The van der Waals surface area contributed by atoms with Gasteiger partial charge in [0.15, 0.2) is 0 Å². The van der Waals surface area contributed by atoms with Crippen molar-refractivity contribution in [1.82, 2.24) is 9.88 Å². The molecule has 4 heteroatoms. The fraction of sp³-hybridized carbons (Fsp3) is 0.476. The first-order valence-corrected chi connectivity index (χ1v) is 9.50. The van der Waals surface area contributed by atoms with Gasteiger partial charge in [-0.1, -0.05) is 0 Å². The number of nitrogens with one attached hydrogen (secondary N) is 2. The van der Waals surface area contributed by atoms with E-state index in [1.54, 1.807) is 0 Å². The molecule has 1 heterocycles. The molecule has 2 N–H and O–H groups in total. The van der Waals surface area contributed by atoms with Crippen molar-refractivity contribution in [1.29, 1.82) is 0 Å². The van der Waals surface area contributed by atoms with Gasteiger partial charge in [0, 0.05) is 29.3 Å². The van der Waals surface area contributed by atoms with Crippen LogP contribution in [-0.2, 0) is 0 Å². The minimum atomic E-state index is -0.0457. The van der Waals surface area contributed by atoms with Crippen LogP contribution in [0.5, 0.6) is 0 Å². The molecule has 6 rings (SSSR count). The van der Waals surface area contributed by atoms with Crippen LogP contribution < -0.4 is 10.6 Å². The first-order valence-electron chi connectivity index (χ1n) is 9.50. The molecule has 4 fully saturated rings. The Morgan fingerprint density at radius 1 is 0.920 bits per heavy atom. The van der Waals surface area contributed by atoms with Crippen LogP contribution in [0.15, 0.2) is 48.8 Å². The summed E-state index contributed by atoms with van der Waals surface area (Å²) >= 11 is 0.